The van der Waals surface area contributed by atoms with Crippen LogP contribution >= 0.6 is 7.26 Å². The Labute approximate surface area is 189 Å². The van der Waals surface area contributed by atoms with Crippen molar-refractivity contribution in [3.63, 3.8) is 0 Å². The summed E-state index contributed by atoms with van der Waals surface area (Å²) in [6.07, 6.45) is 14.2. The fraction of sp³-hybridized carbons (Fsp3) is 0.400. The molecule has 2 saturated carbocycles. The van der Waals surface area contributed by atoms with E-state index in [2.05, 4.69) is 84.9 Å². The van der Waals surface area contributed by atoms with Crippen LogP contribution in [-0.4, -0.2) is 11.3 Å². The van der Waals surface area contributed by atoms with Crippen molar-refractivity contribution in [1.82, 2.24) is 0 Å². The molecule has 0 N–H and O–H groups in total. The van der Waals surface area contributed by atoms with Crippen LogP contribution in [0.1, 0.15) is 64.2 Å². The first-order valence-electron chi connectivity index (χ1n) is 12.5. The zero-order valence-electron chi connectivity index (χ0n) is 18.8. The number of hydrogen-bond acceptors (Lipinski definition) is 0. The fourth-order valence-electron chi connectivity index (χ4n) is 6.56. The lowest BCUT2D eigenvalue weighted by atomic mass is 9.99. The highest BCUT2D eigenvalue weighted by Crippen LogP contribution is 2.71. The number of hydrogen-bond donors (Lipinski definition) is 0. The highest BCUT2D eigenvalue weighted by molar-refractivity contribution is 7.90. The van der Waals surface area contributed by atoms with E-state index in [1.807, 2.05) is 0 Å². The van der Waals surface area contributed by atoms with E-state index in [4.69, 9.17) is 0 Å². The third-order valence-corrected chi connectivity index (χ3v) is 13.5. The zero-order valence-corrected chi connectivity index (χ0v) is 19.7. The van der Waals surface area contributed by atoms with Crippen molar-refractivity contribution in [2.45, 2.75) is 75.5 Å². The first-order chi connectivity index (χ1) is 15.4. The maximum Gasteiger partial charge on any atom is 0.107 e. The standard InChI is InChI=1S/C30H36P/c1-5-15-25(16-6-1)29-23-13-14-24-30(29)31(26-17-7-2-8-18-26,27-19-9-3-10-20-27)28-21-11-4-12-22-28/h1-2,5-8,13-18,23-24,27-28H,3-4,9-12,19-22H2/q+1. The summed E-state index contributed by atoms with van der Waals surface area (Å²) in [5.41, 5.74) is 4.58. The molecular formula is C30H36P+. The molecule has 5 rings (SSSR count). The van der Waals surface area contributed by atoms with E-state index in [0.29, 0.717) is 0 Å². The van der Waals surface area contributed by atoms with Crippen LogP contribution in [0.3, 0.4) is 0 Å². The quantitative estimate of drug-likeness (QED) is 0.362. The van der Waals surface area contributed by atoms with E-state index in [-0.39, 0.29) is 0 Å². The summed E-state index contributed by atoms with van der Waals surface area (Å²) < 4.78 is 0. The van der Waals surface area contributed by atoms with Gasteiger partial charge in [0.15, 0.2) is 0 Å². The largest absolute Gasteiger partial charge is 0.107 e. The van der Waals surface area contributed by atoms with Crippen molar-refractivity contribution in [2.75, 3.05) is 0 Å². The number of rotatable bonds is 5. The van der Waals surface area contributed by atoms with Gasteiger partial charge in [-0.3, -0.25) is 0 Å². The molecule has 0 spiro atoms. The predicted molar refractivity (Wildman–Crippen MR) is 138 cm³/mol. The van der Waals surface area contributed by atoms with Crippen LogP contribution in [0.4, 0.5) is 0 Å². The Kier molecular flexibility index (Phi) is 6.56. The molecule has 0 atom stereocenters. The lowest BCUT2D eigenvalue weighted by molar-refractivity contribution is 0.483. The van der Waals surface area contributed by atoms with Crippen molar-refractivity contribution in [1.29, 1.82) is 0 Å². The minimum atomic E-state index is -1.55. The Balaban J connectivity index is 1.78. The second-order valence-corrected chi connectivity index (χ2v) is 13.6. The zero-order chi connectivity index (χ0) is 20.9. The monoisotopic (exact) mass is 427 g/mol. The molecule has 2 fully saturated rings. The lowest BCUT2D eigenvalue weighted by Gasteiger charge is -2.44. The van der Waals surface area contributed by atoms with Gasteiger partial charge in [0.1, 0.15) is 5.30 Å². The molecule has 0 saturated heterocycles. The number of benzene rings is 3. The van der Waals surface area contributed by atoms with Crippen LogP contribution in [0.25, 0.3) is 11.1 Å². The van der Waals surface area contributed by atoms with Crippen molar-refractivity contribution in [2.24, 2.45) is 0 Å². The Hall–Kier alpha value is -1.91. The normalized spacial score (nSPS) is 18.7. The molecular weight excluding hydrogens is 391 g/mol. The first-order valence-corrected chi connectivity index (χ1v) is 14.4. The highest BCUT2D eigenvalue weighted by atomic mass is 31.2. The summed E-state index contributed by atoms with van der Waals surface area (Å²) in [5, 5.41) is 3.38. The van der Waals surface area contributed by atoms with E-state index < -0.39 is 7.26 Å². The Bertz CT molecular complexity index is 932. The molecule has 0 heterocycles. The molecule has 1 heteroatoms. The SMILES string of the molecule is c1ccc(-c2ccccc2[P+](c2ccccc2)(C2CCCCC2)C2CCCCC2)cc1. The Morgan fingerprint density at radius 3 is 1.55 bits per heavy atom. The third kappa shape index (κ3) is 4.01. The topological polar surface area (TPSA) is 0 Å². The van der Waals surface area contributed by atoms with Gasteiger partial charge in [-0.2, -0.15) is 0 Å². The second-order valence-electron chi connectivity index (χ2n) is 9.58. The fourth-order valence-corrected chi connectivity index (χ4v) is 13.0. The molecule has 0 bridgehead atoms. The van der Waals surface area contributed by atoms with Crippen LogP contribution in [0.5, 0.6) is 0 Å². The Morgan fingerprint density at radius 2 is 0.968 bits per heavy atom. The van der Waals surface area contributed by atoms with Gasteiger partial charge in [-0.15, -0.1) is 0 Å². The summed E-state index contributed by atoms with van der Waals surface area (Å²) >= 11 is 0. The van der Waals surface area contributed by atoms with Gasteiger partial charge in [0, 0.05) is 5.56 Å². The minimum Gasteiger partial charge on any atom is -0.0622 e. The van der Waals surface area contributed by atoms with Gasteiger partial charge in [0.25, 0.3) is 0 Å². The molecule has 0 aliphatic heterocycles. The molecule has 0 aromatic heterocycles. The summed E-state index contributed by atoms with van der Waals surface area (Å²) in [4.78, 5) is 0. The van der Waals surface area contributed by atoms with E-state index in [9.17, 15) is 0 Å². The molecule has 3 aromatic carbocycles. The maximum atomic E-state index is 2.53. The van der Waals surface area contributed by atoms with E-state index in [1.54, 1.807) is 10.6 Å². The third-order valence-electron chi connectivity index (χ3n) is 7.87. The molecule has 0 unspecified atom stereocenters. The van der Waals surface area contributed by atoms with Gasteiger partial charge in [-0.25, -0.2) is 0 Å². The van der Waals surface area contributed by atoms with Crippen LogP contribution in [0, 0.1) is 0 Å². The van der Waals surface area contributed by atoms with Gasteiger partial charge in [0.2, 0.25) is 0 Å². The predicted octanol–water partition coefficient (Wildman–Crippen LogP) is 7.99. The van der Waals surface area contributed by atoms with Gasteiger partial charge in [-0.05, 0) is 75.1 Å². The molecule has 0 nitrogen and oxygen atoms in total. The molecule has 2 aliphatic carbocycles. The maximum absolute atomic E-state index is 2.53. The molecule has 31 heavy (non-hydrogen) atoms. The smallest absolute Gasteiger partial charge is 0.0622 e. The van der Waals surface area contributed by atoms with E-state index in [1.165, 1.54) is 75.3 Å². The first kappa shape index (κ1) is 21.0. The molecule has 3 aromatic rings. The van der Waals surface area contributed by atoms with E-state index >= 15 is 0 Å². The molecule has 160 valence electrons. The summed E-state index contributed by atoms with van der Waals surface area (Å²) in [6, 6.07) is 32.5. The minimum absolute atomic E-state index is 0.844. The van der Waals surface area contributed by atoms with Crippen molar-refractivity contribution < 1.29 is 0 Å². The summed E-state index contributed by atoms with van der Waals surface area (Å²) in [5.74, 6) is 0. The van der Waals surface area contributed by atoms with Gasteiger partial charge in [-0.1, -0.05) is 79.6 Å². The summed E-state index contributed by atoms with van der Waals surface area (Å²) in [7, 11) is -1.55. The average molecular weight is 428 g/mol. The van der Waals surface area contributed by atoms with Crippen molar-refractivity contribution in [3.05, 3.63) is 84.9 Å². The van der Waals surface area contributed by atoms with Crippen LogP contribution < -0.4 is 10.6 Å². The second kappa shape index (κ2) is 9.70. The van der Waals surface area contributed by atoms with Gasteiger partial charge < -0.3 is 0 Å². The van der Waals surface area contributed by atoms with E-state index in [0.717, 1.165) is 11.3 Å². The Morgan fingerprint density at radius 1 is 0.484 bits per heavy atom. The van der Waals surface area contributed by atoms with Crippen LogP contribution in [-0.2, 0) is 0 Å². The highest BCUT2D eigenvalue weighted by Gasteiger charge is 2.56. The van der Waals surface area contributed by atoms with Gasteiger partial charge in [0.05, 0.1) is 23.9 Å². The van der Waals surface area contributed by atoms with Crippen LogP contribution in [0.2, 0.25) is 0 Å². The van der Waals surface area contributed by atoms with Crippen molar-refractivity contribution >= 4 is 17.9 Å². The molecule has 0 radical (unpaired) electrons. The molecule has 0 amide bonds. The lowest BCUT2D eigenvalue weighted by Crippen LogP contribution is -2.41. The van der Waals surface area contributed by atoms with Crippen LogP contribution in [0.15, 0.2) is 84.9 Å². The molecule has 2 aliphatic rings. The van der Waals surface area contributed by atoms with Gasteiger partial charge >= 0.3 is 0 Å². The van der Waals surface area contributed by atoms with Crippen molar-refractivity contribution in [3.8, 4) is 11.1 Å². The summed E-state index contributed by atoms with van der Waals surface area (Å²) in [6.45, 7) is 0. The average Bonchev–Trinajstić information content (AvgIpc) is 2.87.